The van der Waals surface area contributed by atoms with Crippen molar-refractivity contribution in [2.24, 2.45) is 0 Å². The van der Waals surface area contributed by atoms with Gasteiger partial charge < -0.3 is 18.2 Å². The molecule has 12 nitrogen and oxygen atoms in total. The molecule has 0 fully saturated rings. The van der Waals surface area contributed by atoms with Gasteiger partial charge in [0.15, 0.2) is 0 Å². The van der Waals surface area contributed by atoms with Gasteiger partial charge in [0.25, 0.3) is 0 Å². The summed E-state index contributed by atoms with van der Waals surface area (Å²) in [6.45, 7) is 5.23. The van der Waals surface area contributed by atoms with Crippen LogP contribution in [0.5, 0.6) is 0 Å². The van der Waals surface area contributed by atoms with Crippen molar-refractivity contribution in [2.75, 3.05) is 23.0 Å². The normalized spacial score (nSPS) is 11.2. The number of rotatable bonds is 4. The summed E-state index contributed by atoms with van der Waals surface area (Å²) in [4.78, 5) is 0. The predicted octanol–water partition coefficient (Wildman–Crippen LogP) is -2.17. The molecule has 0 aliphatic carbocycles. The van der Waals surface area contributed by atoms with Crippen LogP contribution in [0.3, 0.4) is 0 Å². The van der Waals surface area contributed by atoms with Gasteiger partial charge in [0, 0.05) is 23.0 Å². The summed E-state index contributed by atoms with van der Waals surface area (Å²) in [7, 11) is -15.6. The van der Waals surface area contributed by atoms with Crippen LogP contribution in [0.15, 0.2) is 0 Å². The van der Waals surface area contributed by atoms with Gasteiger partial charge in [0.05, 0.1) is 40.5 Å². The van der Waals surface area contributed by atoms with Gasteiger partial charge in [-0.2, -0.15) is 0 Å². The van der Waals surface area contributed by atoms with Crippen LogP contribution in [0.4, 0.5) is 0 Å². The Bertz CT molecular complexity index is 577. The van der Waals surface area contributed by atoms with Gasteiger partial charge in [-0.05, 0) is 0 Å². The van der Waals surface area contributed by atoms with Crippen LogP contribution in [-0.4, -0.2) is 98.8 Å². The van der Waals surface area contributed by atoms with Crippen molar-refractivity contribution in [3.63, 3.8) is 0 Å². The van der Waals surface area contributed by atoms with Crippen molar-refractivity contribution in [3.8, 4) is 0 Å². The van der Waals surface area contributed by atoms with Crippen molar-refractivity contribution < 1.29 is 51.9 Å². The van der Waals surface area contributed by atoms with Gasteiger partial charge in [-0.15, -0.1) is 0 Å². The van der Waals surface area contributed by atoms with E-state index in [1.165, 1.54) is 27.7 Å². The molecule has 0 unspecified atom stereocenters. The molecule has 17 heteroatoms. The maximum absolute atomic E-state index is 9.44. The molecule has 0 radical (unpaired) electrons. The molecule has 0 saturated carbocycles. The average molecular weight is 555 g/mol. The first kappa shape index (κ1) is 36.4. The molecule has 0 bridgehead atoms. The smallest absolute Gasteiger partial charge is 0.748 e. The van der Waals surface area contributed by atoms with Crippen LogP contribution in [0.1, 0.15) is 27.7 Å². The van der Waals surface area contributed by atoms with Gasteiger partial charge in [0.1, 0.15) is 0 Å². The maximum atomic E-state index is 9.44. The monoisotopic (exact) mass is 556 g/mol. The molecule has 25 heavy (non-hydrogen) atoms. The fourth-order valence-corrected chi connectivity index (χ4v) is 0. The molecule has 0 aromatic heterocycles. The largest absolute Gasteiger partial charge is 4.00 e. The van der Waals surface area contributed by atoms with Crippen LogP contribution in [0.2, 0.25) is 0 Å². The third kappa shape index (κ3) is 79.5. The van der Waals surface area contributed by atoms with E-state index in [0.717, 1.165) is 0 Å². The second-order valence-electron chi connectivity index (χ2n) is 3.39. The van der Waals surface area contributed by atoms with Crippen molar-refractivity contribution in [2.45, 2.75) is 27.7 Å². The zero-order valence-electron chi connectivity index (χ0n) is 13.9. The second kappa shape index (κ2) is 16.6. The third-order valence-electron chi connectivity index (χ3n) is 1.41. The SMILES string of the molecule is CCS(=O)(=O)[O-].CCS(=O)(=O)[O-].CCS(=O)(=O)[O-].CCS(=O)(=O)[O-].[Sn+4]. The van der Waals surface area contributed by atoms with Crippen LogP contribution in [-0.2, 0) is 40.5 Å². The molecule has 0 aromatic carbocycles. The molecule has 0 amide bonds. The Hall–Kier alpha value is 0.439. The van der Waals surface area contributed by atoms with Crippen molar-refractivity contribution in [1.29, 1.82) is 0 Å². The standard InChI is InChI=1S/4C2H6O3S.Sn/c4*1-2-6(3,4)5;/h4*2H2,1H3,(H,3,4,5);/q;;;;+4/p-4. The van der Waals surface area contributed by atoms with Crippen molar-refractivity contribution >= 4 is 64.4 Å². The van der Waals surface area contributed by atoms with Crippen LogP contribution in [0.25, 0.3) is 0 Å². The van der Waals surface area contributed by atoms with Gasteiger partial charge in [0.2, 0.25) is 0 Å². The molecule has 0 heterocycles. The molecule has 0 rings (SSSR count). The van der Waals surface area contributed by atoms with Crippen LogP contribution in [0, 0.1) is 0 Å². The Morgan fingerprint density at radius 2 is 0.480 bits per heavy atom. The van der Waals surface area contributed by atoms with Crippen LogP contribution < -0.4 is 0 Å². The molecule has 0 aliphatic rings. The summed E-state index contributed by atoms with van der Waals surface area (Å²) >= 11 is 0. The molecule has 152 valence electrons. The summed E-state index contributed by atoms with van der Waals surface area (Å²) in [5.74, 6) is -1.25. The quantitative estimate of drug-likeness (QED) is 0.266. The van der Waals surface area contributed by atoms with E-state index in [9.17, 15) is 51.9 Å². The number of hydrogen-bond acceptors (Lipinski definition) is 12. The molecule has 0 aliphatic heterocycles. The van der Waals surface area contributed by atoms with E-state index in [0.29, 0.717) is 0 Å². The first-order chi connectivity index (χ1) is 10.2. The van der Waals surface area contributed by atoms with Crippen LogP contribution >= 0.6 is 0 Å². The van der Waals surface area contributed by atoms with E-state index in [4.69, 9.17) is 0 Å². The van der Waals surface area contributed by atoms with Gasteiger partial charge in [-0.1, -0.05) is 27.7 Å². The fourth-order valence-electron chi connectivity index (χ4n) is 0. The molecule has 0 saturated heterocycles. The zero-order chi connectivity index (χ0) is 20.8. The molecule has 0 spiro atoms. The minimum Gasteiger partial charge on any atom is -0.748 e. The van der Waals surface area contributed by atoms with Crippen molar-refractivity contribution in [1.82, 2.24) is 0 Å². The Labute approximate surface area is 166 Å². The average Bonchev–Trinajstić information content (AvgIpc) is 2.37. The molecule has 0 atom stereocenters. The van der Waals surface area contributed by atoms with Gasteiger partial charge in [-0.25, -0.2) is 33.7 Å². The summed E-state index contributed by atoms with van der Waals surface area (Å²) in [6.07, 6.45) is 0. The van der Waals surface area contributed by atoms with E-state index in [-0.39, 0.29) is 46.9 Å². The molecular weight excluding hydrogens is 535 g/mol. The zero-order valence-corrected chi connectivity index (χ0v) is 20.0. The Kier molecular flexibility index (Phi) is 24.2. The maximum Gasteiger partial charge on any atom is 4.00 e. The molecule has 0 aromatic rings. The minimum atomic E-state index is -3.91. The summed E-state index contributed by atoms with van der Waals surface area (Å²) in [5, 5.41) is 0. The Morgan fingerprint density at radius 1 is 0.440 bits per heavy atom. The first-order valence-electron chi connectivity index (χ1n) is 5.98. The van der Waals surface area contributed by atoms with Gasteiger partial charge >= 0.3 is 23.9 Å². The summed E-state index contributed by atoms with van der Waals surface area (Å²) < 4.78 is 113. The molecular formula is C8H20O12S4Sn. The van der Waals surface area contributed by atoms with E-state index < -0.39 is 40.5 Å². The second-order valence-corrected chi connectivity index (χ2v) is 10.2. The Morgan fingerprint density at radius 3 is 0.480 bits per heavy atom. The van der Waals surface area contributed by atoms with E-state index in [2.05, 4.69) is 0 Å². The van der Waals surface area contributed by atoms with E-state index in [1.807, 2.05) is 0 Å². The van der Waals surface area contributed by atoms with E-state index in [1.54, 1.807) is 0 Å². The van der Waals surface area contributed by atoms with E-state index >= 15 is 0 Å². The summed E-state index contributed by atoms with van der Waals surface area (Å²) in [6, 6.07) is 0. The first-order valence-corrected chi connectivity index (χ1v) is 12.3. The predicted molar refractivity (Wildman–Crippen MR) is 86.7 cm³/mol. The number of hydrogen-bond donors (Lipinski definition) is 0. The van der Waals surface area contributed by atoms with Gasteiger partial charge in [-0.3, -0.25) is 0 Å². The third-order valence-corrected chi connectivity index (χ3v) is 4.24. The summed E-state index contributed by atoms with van der Waals surface area (Å²) in [5.41, 5.74) is 0. The Balaban J connectivity index is -0.0000000702. The topological polar surface area (TPSA) is 229 Å². The molecule has 0 N–H and O–H groups in total. The minimum absolute atomic E-state index is 0. The van der Waals surface area contributed by atoms with Crippen molar-refractivity contribution in [3.05, 3.63) is 0 Å². The fraction of sp³-hybridized carbons (Fsp3) is 1.00.